The molecule has 1 aliphatic rings. The molecule has 4 atom stereocenters. The maximum atomic E-state index is 13.5. The summed E-state index contributed by atoms with van der Waals surface area (Å²) in [4.78, 5) is 59.1. The Labute approximate surface area is 209 Å². The summed E-state index contributed by atoms with van der Waals surface area (Å²) in [5.74, 6) is -2.81. The maximum absolute atomic E-state index is 13.5. The number of hydrogen-bond donors (Lipinski definition) is 5. The zero-order valence-corrected chi connectivity index (χ0v) is 20.5. The Morgan fingerprint density at radius 3 is 2.50 bits per heavy atom. The minimum absolute atomic E-state index is 0.0335. The van der Waals surface area contributed by atoms with Crippen molar-refractivity contribution < 1.29 is 24.3 Å². The van der Waals surface area contributed by atoms with Gasteiger partial charge in [-0.3, -0.25) is 14.4 Å². The van der Waals surface area contributed by atoms with E-state index in [-0.39, 0.29) is 18.2 Å². The number of aromatic nitrogens is 2. The van der Waals surface area contributed by atoms with Crippen LogP contribution in [-0.2, 0) is 32.0 Å². The molecule has 1 aromatic carbocycles. The number of rotatable bonds is 11. The van der Waals surface area contributed by atoms with Crippen molar-refractivity contribution in [2.75, 3.05) is 6.54 Å². The van der Waals surface area contributed by atoms with E-state index < -0.39 is 42.0 Å². The first-order chi connectivity index (χ1) is 17.2. The van der Waals surface area contributed by atoms with Gasteiger partial charge in [0.25, 0.3) is 0 Å². The highest BCUT2D eigenvalue weighted by Gasteiger charge is 2.40. The molecule has 0 saturated carbocycles. The van der Waals surface area contributed by atoms with Gasteiger partial charge in [-0.25, -0.2) is 9.78 Å². The molecule has 11 heteroatoms. The first-order valence-electron chi connectivity index (χ1n) is 12.1. The predicted octanol–water partition coefficient (Wildman–Crippen LogP) is 0.223. The third-order valence-corrected chi connectivity index (χ3v) is 6.30. The summed E-state index contributed by atoms with van der Waals surface area (Å²) >= 11 is 0. The van der Waals surface area contributed by atoms with Crippen LogP contribution in [0.25, 0.3) is 0 Å². The second-order valence-electron chi connectivity index (χ2n) is 9.40. The van der Waals surface area contributed by atoms with Crippen LogP contribution in [-0.4, -0.2) is 74.4 Å². The molecule has 0 unspecified atom stereocenters. The van der Waals surface area contributed by atoms with Gasteiger partial charge < -0.3 is 31.4 Å². The van der Waals surface area contributed by atoms with Crippen LogP contribution in [0.15, 0.2) is 42.9 Å². The van der Waals surface area contributed by atoms with E-state index in [9.17, 15) is 24.3 Å². The molecule has 1 saturated heterocycles. The van der Waals surface area contributed by atoms with E-state index in [4.69, 9.17) is 5.73 Å². The second-order valence-corrected chi connectivity index (χ2v) is 9.40. The number of nitrogens with one attached hydrogen (secondary N) is 3. The van der Waals surface area contributed by atoms with Gasteiger partial charge in [0.15, 0.2) is 0 Å². The third-order valence-electron chi connectivity index (χ3n) is 6.30. The molecule has 1 aliphatic heterocycles. The number of aliphatic carboxylic acids is 1. The van der Waals surface area contributed by atoms with E-state index in [0.717, 1.165) is 5.56 Å². The fraction of sp³-hybridized carbons (Fsp3) is 0.480. The normalized spacial score (nSPS) is 17.9. The van der Waals surface area contributed by atoms with Crippen LogP contribution in [0, 0.1) is 5.92 Å². The smallest absolute Gasteiger partial charge is 0.326 e. The minimum atomic E-state index is -1.19. The Bertz CT molecular complexity index is 1040. The highest BCUT2D eigenvalue weighted by atomic mass is 16.4. The van der Waals surface area contributed by atoms with Gasteiger partial charge in [0.05, 0.1) is 12.4 Å². The lowest BCUT2D eigenvalue weighted by atomic mass is 10.0. The van der Waals surface area contributed by atoms with Gasteiger partial charge in [-0.2, -0.15) is 0 Å². The number of likely N-dealkylation sites (tertiary alicyclic amines) is 1. The lowest BCUT2D eigenvalue weighted by Crippen LogP contribution is -2.58. The van der Waals surface area contributed by atoms with E-state index in [2.05, 4.69) is 20.6 Å². The zero-order valence-electron chi connectivity index (χ0n) is 20.5. The summed E-state index contributed by atoms with van der Waals surface area (Å²) in [6.45, 7) is 3.95. The van der Waals surface area contributed by atoms with Gasteiger partial charge in [0.2, 0.25) is 17.7 Å². The average Bonchev–Trinajstić information content (AvgIpc) is 3.54. The van der Waals surface area contributed by atoms with Gasteiger partial charge in [0.1, 0.15) is 18.1 Å². The van der Waals surface area contributed by atoms with E-state index >= 15 is 0 Å². The molecule has 2 aromatic rings. The fourth-order valence-corrected chi connectivity index (χ4v) is 4.30. The molecule has 0 bridgehead atoms. The maximum Gasteiger partial charge on any atom is 0.326 e. The van der Waals surface area contributed by atoms with Crippen LogP contribution in [0.3, 0.4) is 0 Å². The highest BCUT2D eigenvalue weighted by molar-refractivity contribution is 5.94. The highest BCUT2D eigenvalue weighted by Crippen LogP contribution is 2.21. The molecule has 0 spiro atoms. The molecule has 6 N–H and O–H groups in total. The quantitative estimate of drug-likeness (QED) is 0.295. The van der Waals surface area contributed by atoms with Crippen LogP contribution in [0.4, 0.5) is 0 Å². The largest absolute Gasteiger partial charge is 0.480 e. The number of carbonyl (C=O) groups excluding carboxylic acids is 3. The first-order valence-corrected chi connectivity index (χ1v) is 12.1. The molecule has 1 fully saturated rings. The van der Waals surface area contributed by atoms with Gasteiger partial charge in [0, 0.05) is 24.9 Å². The van der Waals surface area contributed by atoms with E-state index in [1.54, 1.807) is 0 Å². The molecule has 194 valence electrons. The van der Waals surface area contributed by atoms with Crippen molar-refractivity contribution in [1.29, 1.82) is 0 Å². The van der Waals surface area contributed by atoms with Gasteiger partial charge >= 0.3 is 5.97 Å². The topological polar surface area (TPSA) is 171 Å². The molecule has 3 amide bonds. The Balaban J connectivity index is 1.65. The van der Waals surface area contributed by atoms with Crippen molar-refractivity contribution in [3.63, 3.8) is 0 Å². The van der Waals surface area contributed by atoms with Crippen molar-refractivity contribution >= 4 is 23.7 Å². The van der Waals surface area contributed by atoms with Crippen LogP contribution >= 0.6 is 0 Å². The number of carboxylic acids is 1. The van der Waals surface area contributed by atoms with Crippen molar-refractivity contribution in [2.24, 2.45) is 11.7 Å². The third kappa shape index (κ3) is 6.91. The number of imidazole rings is 1. The number of benzene rings is 1. The summed E-state index contributed by atoms with van der Waals surface area (Å²) in [7, 11) is 0. The average molecular weight is 499 g/mol. The van der Waals surface area contributed by atoms with Gasteiger partial charge in [-0.1, -0.05) is 44.2 Å². The zero-order chi connectivity index (χ0) is 26.2. The van der Waals surface area contributed by atoms with Crippen LogP contribution in [0.1, 0.15) is 37.9 Å². The minimum Gasteiger partial charge on any atom is -0.480 e. The van der Waals surface area contributed by atoms with Crippen molar-refractivity contribution in [3.05, 3.63) is 54.1 Å². The number of H-pyrrole nitrogens is 1. The number of aromatic amines is 1. The number of amides is 3. The van der Waals surface area contributed by atoms with Crippen molar-refractivity contribution in [2.45, 2.75) is 63.7 Å². The lowest BCUT2D eigenvalue weighted by Gasteiger charge is -2.31. The molecule has 0 aliphatic carbocycles. The van der Waals surface area contributed by atoms with Crippen molar-refractivity contribution in [3.8, 4) is 0 Å². The molecule has 0 radical (unpaired) electrons. The standard InChI is InChI=1S/C25H34N6O5/c1-15(2)21(30-22(32)18(26)11-16-7-4-3-5-8-16)24(34)31-10-6-9-20(31)23(33)29-19(25(35)36)12-17-13-27-14-28-17/h3-5,7-8,13-15,18-21H,6,9-12,26H2,1-2H3,(H,27,28)(H,29,33)(H,30,32)(H,35,36)/t18-,19-,20-,21-/m0/s1. The Morgan fingerprint density at radius 1 is 1.17 bits per heavy atom. The molecule has 3 rings (SSSR count). The summed E-state index contributed by atoms with van der Waals surface area (Å²) in [6, 6.07) is 5.66. The van der Waals surface area contributed by atoms with Gasteiger partial charge in [-0.05, 0) is 30.7 Å². The van der Waals surface area contributed by atoms with E-state index in [1.165, 1.54) is 17.4 Å². The van der Waals surface area contributed by atoms with Crippen LogP contribution in [0.5, 0.6) is 0 Å². The number of hydrogen-bond acceptors (Lipinski definition) is 6. The second kappa shape index (κ2) is 12.3. The van der Waals surface area contributed by atoms with E-state index in [1.807, 2.05) is 44.2 Å². The van der Waals surface area contributed by atoms with Crippen molar-refractivity contribution in [1.82, 2.24) is 25.5 Å². The summed E-state index contributed by atoms with van der Waals surface area (Å²) in [5, 5.41) is 14.9. The Kier molecular flexibility index (Phi) is 9.18. The van der Waals surface area contributed by atoms with Gasteiger partial charge in [-0.15, -0.1) is 0 Å². The summed E-state index contributed by atoms with van der Waals surface area (Å²) in [5.41, 5.74) is 7.58. The summed E-state index contributed by atoms with van der Waals surface area (Å²) in [6.07, 6.45) is 4.28. The molecule has 1 aromatic heterocycles. The van der Waals surface area contributed by atoms with Crippen LogP contribution in [0.2, 0.25) is 0 Å². The number of nitrogens with two attached hydrogens (primary N) is 1. The van der Waals surface area contributed by atoms with E-state index in [0.29, 0.717) is 31.5 Å². The predicted molar refractivity (Wildman–Crippen MR) is 131 cm³/mol. The fourth-order valence-electron chi connectivity index (χ4n) is 4.30. The van der Waals surface area contributed by atoms with Crippen LogP contribution < -0.4 is 16.4 Å². The monoisotopic (exact) mass is 498 g/mol. The molecular weight excluding hydrogens is 464 g/mol. The Morgan fingerprint density at radius 2 is 1.89 bits per heavy atom. The Hall–Kier alpha value is -3.73. The number of carboxylic acid groups (broad SMARTS) is 1. The lowest BCUT2D eigenvalue weighted by molar-refractivity contribution is -0.145. The summed E-state index contributed by atoms with van der Waals surface area (Å²) < 4.78 is 0. The number of nitrogens with zero attached hydrogens (tertiary/aromatic N) is 2. The SMILES string of the molecule is CC(C)[C@H](NC(=O)[C@@H](N)Cc1ccccc1)C(=O)N1CCC[C@H]1C(=O)N[C@@H](Cc1cnc[nH]1)C(=O)O. The molecule has 36 heavy (non-hydrogen) atoms. The number of carbonyl (C=O) groups is 4. The molecule has 11 nitrogen and oxygen atoms in total. The first kappa shape index (κ1) is 26.9. The molecular formula is C25H34N6O5. The molecule has 2 heterocycles.